The van der Waals surface area contributed by atoms with Crippen molar-refractivity contribution in [2.45, 2.75) is 56.6 Å². The number of nitrogens with one attached hydrogen (secondary N) is 2. The molecule has 2 heterocycles. The predicted octanol–water partition coefficient (Wildman–Crippen LogP) is 1.11. The van der Waals surface area contributed by atoms with Crippen LogP contribution in [0.1, 0.15) is 54.3 Å². The van der Waals surface area contributed by atoms with E-state index in [4.69, 9.17) is 0 Å². The Kier molecular flexibility index (Phi) is 4.59. The van der Waals surface area contributed by atoms with Crippen LogP contribution >= 0.6 is 0 Å². The van der Waals surface area contributed by atoms with Gasteiger partial charge in [0.05, 0.1) is 5.56 Å². The largest absolute Gasteiger partial charge is 0.349 e. The molecule has 7 nitrogen and oxygen atoms in total. The zero-order chi connectivity index (χ0) is 18.4. The van der Waals surface area contributed by atoms with Crippen molar-refractivity contribution in [1.82, 2.24) is 14.9 Å². The Hall–Kier alpha value is -1.93. The van der Waals surface area contributed by atoms with Crippen LogP contribution in [0.25, 0.3) is 0 Å². The number of rotatable bonds is 3. The third-order valence-electron chi connectivity index (χ3n) is 4.64. The summed E-state index contributed by atoms with van der Waals surface area (Å²) in [5.41, 5.74) is 0.382. The zero-order valence-corrected chi connectivity index (χ0v) is 15.4. The maximum atomic E-state index is 12.6. The number of amides is 2. The third-order valence-corrected chi connectivity index (χ3v) is 6.64. The first-order chi connectivity index (χ1) is 11.7. The van der Waals surface area contributed by atoms with Crippen molar-refractivity contribution in [2.24, 2.45) is 0 Å². The Morgan fingerprint density at radius 1 is 1.36 bits per heavy atom. The summed E-state index contributed by atoms with van der Waals surface area (Å²) < 4.78 is 26.1. The van der Waals surface area contributed by atoms with Gasteiger partial charge < -0.3 is 10.6 Å². The summed E-state index contributed by atoms with van der Waals surface area (Å²) in [7, 11) is -3.90. The van der Waals surface area contributed by atoms with Crippen molar-refractivity contribution in [3.63, 3.8) is 0 Å². The fourth-order valence-electron chi connectivity index (χ4n) is 3.43. The molecule has 0 saturated carbocycles. The van der Waals surface area contributed by atoms with Gasteiger partial charge in [-0.15, -0.1) is 0 Å². The summed E-state index contributed by atoms with van der Waals surface area (Å²) in [6.07, 6.45) is 1.66. The fourth-order valence-corrected chi connectivity index (χ4v) is 5.22. The highest BCUT2D eigenvalue weighted by Crippen LogP contribution is 2.32. The van der Waals surface area contributed by atoms with Gasteiger partial charge in [0.1, 0.15) is 4.90 Å². The SMILES string of the molecule is CC1CC(NC(=O)c2ccc3c(c2)S(=O)(=O)N(C(C)C)C3=O)CCN1. The molecule has 3 rings (SSSR count). The molecule has 2 unspecified atom stereocenters. The first-order valence-corrected chi connectivity index (χ1v) is 9.93. The lowest BCUT2D eigenvalue weighted by molar-refractivity contribution is 0.0844. The van der Waals surface area contributed by atoms with Crippen LogP contribution in [0.15, 0.2) is 23.1 Å². The molecule has 1 fully saturated rings. The molecular formula is C17H23N3O4S. The second-order valence-corrected chi connectivity index (χ2v) is 8.74. The lowest BCUT2D eigenvalue weighted by atomic mass is 10.00. The number of benzene rings is 1. The normalized spacial score (nSPS) is 25.1. The molecule has 2 aliphatic heterocycles. The van der Waals surface area contributed by atoms with Gasteiger partial charge in [-0.05, 0) is 58.4 Å². The molecule has 0 radical (unpaired) electrons. The highest BCUT2D eigenvalue weighted by atomic mass is 32.2. The van der Waals surface area contributed by atoms with E-state index in [1.54, 1.807) is 13.8 Å². The van der Waals surface area contributed by atoms with Crippen LogP contribution in [0.2, 0.25) is 0 Å². The zero-order valence-electron chi connectivity index (χ0n) is 14.6. The van der Waals surface area contributed by atoms with Crippen LogP contribution in [0.3, 0.4) is 0 Å². The van der Waals surface area contributed by atoms with E-state index in [9.17, 15) is 18.0 Å². The van der Waals surface area contributed by atoms with Crippen LogP contribution < -0.4 is 10.6 Å². The van der Waals surface area contributed by atoms with Gasteiger partial charge in [-0.3, -0.25) is 9.59 Å². The summed E-state index contributed by atoms with van der Waals surface area (Å²) in [4.78, 5) is 24.7. The maximum Gasteiger partial charge on any atom is 0.269 e. The van der Waals surface area contributed by atoms with Gasteiger partial charge >= 0.3 is 0 Å². The van der Waals surface area contributed by atoms with Gasteiger partial charge in [-0.2, -0.15) is 0 Å². The fraction of sp³-hybridized carbons (Fsp3) is 0.529. The van der Waals surface area contributed by atoms with Crippen LogP contribution in [0.4, 0.5) is 0 Å². The lowest BCUT2D eigenvalue weighted by Crippen LogP contribution is -2.46. The number of carbonyl (C=O) groups is 2. The molecule has 0 spiro atoms. The van der Waals surface area contributed by atoms with Crippen molar-refractivity contribution < 1.29 is 18.0 Å². The number of carbonyl (C=O) groups excluding carboxylic acids is 2. The van der Waals surface area contributed by atoms with E-state index >= 15 is 0 Å². The van der Waals surface area contributed by atoms with Crippen molar-refractivity contribution in [2.75, 3.05) is 6.54 Å². The van der Waals surface area contributed by atoms with Crippen LogP contribution in [-0.4, -0.2) is 49.2 Å². The minimum Gasteiger partial charge on any atom is -0.349 e. The molecule has 0 bridgehead atoms. The Bertz CT molecular complexity index is 819. The highest BCUT2D eigenvalue weighted by Gasteiger charge is 2.43. The van der Waals surface area contributed by atoms with Crippen molar-refractivity contribution in [3.05, 3.63) is 29.3 Å². The summed E-state index contributed by atoms with van der Waals surface area (Å²) in [6.45, 7) is 6.19. The molecule has 0 aliphatic carbocycles. The van der Waals surface area contributed by atoms with E-state index in [0.717, 1.165) is 23.7 Å². The molecule has 2 amide bonds. The van der Waals surface area contributed by atoms with Gasteiger partial charge in [-0.25, -0.2) is 12.7 Å². The smallest absolute Gasteiger partial charge is 0.269 e. The van der Waals surface area contributed by atoms with E-state index in [1.165, 1.54) is 18.2 Å². The Balaban J connectivity index is 1.86. The number of hydrogen-bond acceptors (Lipinski definition) is 5. The first-order valence-electron chi connectivity index (χ1n) is 8.49. The molecule has 1 aromatic carbocycles. The predicted molar refractivity (Wildman–Crippen MR) is 92.9 cm³/mol. The lowest BCUT2D eigenvalue weighted by Gasteiger charge is -2.28. The average molecular weight is 365 g/mol. The van der Waals surface area contributed by atoms with E-state index in [2.05, 4.69) is 17.6 Å². The minimum absolute atomic E-state index is 0.0578. The molecular weight excluding hydrogens is 342 g/mol. The van der Waals surface area contributed by atoms with E-state index < -0.39 is 22.0 Å². The molecule has 2 atom stereocenters. The van der Waals surface area contributed by atoms with Crippen molar-refractivity contribution >= 4 is 21.8 Å². The average Bonchev–Trinajstić information content (AvgIpc) is 2.73. The minimum atomic E-state index is -3.90. The molecule has 25 heavy (non-hydrogen) atoms. The van der Waals surface area contributed by atoms with E-state index in [1.807, 2.05) is 0 Å². The highest BCUT2D eigenvalue weighted by molar-refractivity contribution is 7.90. The first kappa shape index (κ1) is 17.9. The van der Waals surface area contributed by atoms with Crippen LogP contribution in [-0.2, 0) is 10.0 Å². The van der Waals surface area contributed by atoms with Crippen molar-refractivity contribution in [3.8, 4) is 0 Å². The molecule has 8 heteroatoms. The standard InChI is InChI=1S/C17H23N3O4S/c1-10(2)20-17(22)14-5-4-12(9-15(14)25(20,23)24)16(21)19-13-6-7-18-11(3)8-13/h4-5,9-11,13,18H,6-8H2,1-3H3,(H,19,21). The van der Waals surface area contributed by atoms with Gasteiger partial charge in [0.2, 0.25) is 0 Å². The summed E-state index contributed by atoms with van der Waals surface area (Å²) in [5, 5.41) is 6.27. The molecule has 1 saturated heterocycles. The number of piperidine rings is 1. The van der Waals surface area contributed by atoms with Crippen LogP contribution in [0, 0.1) is 0 Å². The quantitative estimate of drug-likeness (QED) is 0.837. The molecule has 2 N–H and O–H groups in total. The molecule has 136 valence electrons. The molecule has 0 aromatic heterocycles. The summed E-state index contributed by atoms with van der Waals surface area (Å²) in [5.74, 6) is -0.850. The van der Waals surface area contributed by atoms with Gasteiger partial charge in [0.15, 0.2) is 0 Å². The van der Waals surface area contributed by atoms with E-state index in [-0.39, 0.29) is 28.0 Å². The van der Waals surface area contributed by atoms with Crippen molar-refractivity contribution in [1.29, 1.82) is 0 Å². The van der Waals surface area contributed by atoms with Gasteiger partial charge in [0.25, 0.3) is 21.8 Å². The van der Waals surface area contributed by atoms with Crippen LogP contribution in [0.5, 0.6) is 0 Å². The number of nitrogens with zero attached hydrogens (tertiary/aromatic N) is 1. The monoisotopic (exact) mass is 365 g/mol. The van der Waals surface area contributed by atoms with Gasteiger partial charge in [0, 0.05) is 23.7 Å². The maximum absolute atomic E-state index is 12.6. The number of hydrogen-bond donors (Lipinski definition) is 2. The summed E-state index contributed by atoms with van der Waals surface area (Å²) in [6, 6.07) is 4.16. The number of fused-ring (bicyclic) bond motifs is 1. The molecule has 2 aliphatic rings. The molecule has 1 aromatic rings. The third kappa shape index (κ3) is 3.16. The van der Waals surface area contributed by atoms with E-state index in [0.29, 0.717) is 6.04 Å². The second kappa shape index (κ2) is 6.42. The Morgan fingerprint density at radius 3 is 2.72 bits per heavy atom. The van der Waals surface area contributed by atoms with Gasteiger partial charge in [-0.1, -0.05) is 0 Å². The number of sulfonamides is 1. The Labute approximate surface area is 147 Å². The topological polar surface area (TPSA) is 95.6 Å². The summed E-state index contributed by atoms with van der Waals surface area (Å²) >= 11 is 0. The second-order valence-electron chi connectivity index (χ2n) is 6.96. The Morgan fingerprint density at radius 2 is 2.08 bits per heavy atom.